The van der Waals surface area contributed by atoms with Crippen LogP contribution in [0.4, 0.5) is 0 Å². The number of hydrogen-bond donors (Lipinski definition) is 3. The summed E-state index contributed by atoms with van der Waals surface area (Å²) in [5.41, 5.74) is 4.02. The van der Waals surface area contributed by atoms with E-state index < -0.39 is 0 Å². The number of nitrogens with zero attached hydrogens (tertiary/aromatic N) is 1. The molecular weight excluding hydrogens is 356 g/mol. The number of carbonyl (C=O) groups is 1. The molecule has 0 bridgehead atoms. The summed E-state index contributed by atoms with van der Waals surface area (Å²) in [6.45, 7) is 2.31. The molecule has 1 aromatic heterocycles. The third-order valence-electron chi connectivity index (χ3n) is 4.90. The molecule has 1 fully saturated rings. The molecule has 2 aliphatic rings. The molecule has 2 aromatic rings. The van der Waals surface area contributed by atoms with Gasteiger partial charge in [-0.3, -0.25) is 9.89 Å². The standard InChI is InChI=1S/C17H19BrN4O/c18-12-3-1-2-11(8-12)17(5-6-17)10-20-16(23)15-13-9-19-7-4-14(13)21-22-15/h1-3,8,19H,4-7,9-10H2,(H,20,23)(H,21,22). The van der Waals surface area contributed by atoms with Gasteiger partial charge in [0.05, 0.1) is 0 Å². The average molecular weight is 375 g/mol. The van der Waals surface area contributed by atoms with Crippen molar-refractivity contribution in [2.24, 2.45) is 0 Å². The van der Waals surface area contributed by atoms with E-state index in [0.29, 0.717) is 18.8 Å². The van der Waals surface area contributed by atoms with Crippen LogP contribution in [0.2, 0.25) is 0 Å². The quantitative estimate of drug-likeness (QED) is 0.768. The molecule has 23 heavy (non-hydrogen) atoms. The van der Waals surface area contributed by atoms with Crippen LogP contribution in [0.25, 0.3) is 0 Å². The fraction of sp³-hybridized carbons (Fsp3) is 0.412. The van der Waals surface area contributed by atoms with Crippen molar-refractivity contribution in [3.05, 3.63) is 51.3 Å². The first kappa shape index (κ1) is 14.9. The lowest BCUT2D eigenvalue weighted by Crippen LogP contribution is -2.34. The highest BCUT2D eigenvalue weighted by molar-refractivity contribution is 9.10. The Balaban J connectivity index is 1.47. The molecule has 6 heteroatoms. The van der Waals surface area contributed by atoms with Gasteiger partial charge >= 0.3 is 0 Å². The van der Waals surface area contributed by atoms with E-state index >= 15 is 0 Å². The largest absolute Gasteiger partial charge is 0.350 e. The molecule has 5 nitrogen and oxygen atoms in total. The number of benzene rings is 1. The lowest BCUT2D eigenvalue weighted by atomic mass is 9.96. The van der Waals surface area contributed by atoms with Gasteiger partial charge in [0.2, 0.25) is 0 Å². The first-order valence-electron chi connectivity index (χ1n) is 7.99. The van der Waals surface area contributed by atoms with Crippen LogP contribution in [0.1, 0.15) is 40.2 Å². The normalized spacial score (nSPS) is 18.3. The summed E-state index contributed by atoms with van der Waals surface area (Å²) in [5, 5.41) is 13.6. The summed E-state index contributed by atoms with van der Waals surface area (Å²) in [6, 6.07) is 8.38. The van der Waals surface area contributed by atoms with Crippen LogP contribution in [0.3, 0.4) is 0 Å². The fourth-order valence-electron chi connectivity index (χ4n) is 3.28. The monoisotopic (exact) mass is 374 g/mol. The predicted octanol–water partition coefficient (Wildman–Crippen LogP) is 2.28. The third-order valence-corrected chi connectivity index (χ3v) is 5.39. The fourth-order valence-corrected chi connectivity index (χ4v) is 3.68. The summed E-state index contributed by atoms with van der Waals surface area (Å²) in [5.74, 6) is -0.0764. The molecule has 0 unspecified atom stereocenters. The van der Waals surface area contributed by atoms with E-state index in [0.717, 1.165) is 41.5 Å². The molecule has 0 spiro atoms. The number of amides is 1. The van der Waals surface area contributed by atoms with Crippen molar-refractivity contribution in [3.8, 4) is 0 Å². The second-order valence-corrected chi connectivity index (χ2v) is 7.35. The average Bonchev–Trinajstić information content (AvgIpc) is 3.24. The van der Waals surface area contributed by atoms with Crippen LogP contribution in [0.15, 0.2) is 28.7 Å². The van der Waals surface area contributed by atoms with Gasteiger partial charge in [0.15, 0.2) is 5.69 Å². The molecular formula is C17H19BrN4O. The van der Waals surface area contributed by atoms with Gasteiger partial charge in [0, 0.05) is 47.2 Å². The van der Waals surface area contributed by atoms with E-state index in [-0.39, 0.29) is 11.3 Å². The molecule has 1 amide bonds. The molecule has 3 N–H and O–H groups in total. The molecule has 1 saturated carbocycles. The minimum atomic E-state index is -0.0764. The topological polar surface area (TPSA) is 69.8 Å². The van der Waals surface area contributed by atoms with Crippen molar-refractivity contribution in [2.75, 3.05) is 13.1 Å². The van der Waals surface area contributed by atoms with E-state index in [2.05, 4.69) is 55.0 Å². The summed E-state index contributed by atoms with van der Waals surface area (Å²) >= 11 is 3.53. The van der Waals surface area contributed by atoms with Crippen LogP contribution in [0, 0.1) is 0 Å². The second-order valence-electron chi connectivity index (χ2n) is 6.43. The second kappa shape index (κ2) is 5.76. The Morgan fingerprint density at radius 2 is 2.26 bits per heavy atom. The number of halogens is 1. The lowest BCUT2D eigenvalue weighted by molar-refractivity contribution is 0.0943. The Hall–Kier alpha value is -1.66. The number of carbonyl (C=O) groups excluding carboxylic acids is 1. The van der Waals surface area contributed by atoms with Gasteiger partial charge < -0.3 is 10.6 Å². The predicted molar refractivity (Wildman–Crippen MR) is 91.4 cm³/mol. The minimum absolute atomic E-state index is 0.0764. The molecule has 4 rings (SSSR count). The van der Waals surface area contributed by atoms with E-state index in [1.165, 1.54) is 5.56 Å². The van der Waals surface area contributed by atoms with Crippen molar-refractivity contribution >= 4 is 21.8 Å². The number of aromatic nitrogens is 2. The lowest BCUT2D eigenvalue weighted by Gasteiger charge is -2.17. The maximum atomic E-state index is 12.5. The first-order chi connectivity index (χ1) is 11.2. The Kier molecular flexibility index (Phi) is 3.73. The minimum Gasteiger partial charge on any atom is -0.350 e. The number of aromatic amines is 1. The Bertz CT molecular complexity index is 751. The summed E-state index contributed by atoms with van der Waals surface area (Å²) in [4.78, 5) is 12.5. The van der Waals surface area contributed by atoms with E-state index in [4.69, 9.17) is 0 Å². The summed E-state index contributed by atoms with van der Waals surface area (Å²) in [7, 11) is 0. The number of nitrogens with one attached hydrogen (secondary N) is 3. The SMILES string of the molecule is O=C(NCC1(c2cccc(Br)c2)CC1)c1n[nH]c2c1CNCC2. The van der Waals surface area contributed by atoms with Crippen LogP contribution in [0.5, 0.6) is 0 Å². The number of fused-ring (bicyclic) bond motifs is 1. The first-order valence-corrected chi connectivity index (χ1v) is 8.78. The third kappa shape index (κ3) is 2.81. The Labute approximate surface area is 143 Å². The van der Waals surface area contributed by atoms with Crippen molar-refractivity contribution in [3.63, 3.8) is 0 Å². The van der Waals surface area contributed by atoms with Crippen LogP contribution >= 0.6 is 15.9 Å². The molecule has 0 atom stereocenters. The maximum absolute atomic E-state index is 12.5. The van der Waals surface area contributed by atoms with Crippen molar-refractivity contribution in [1.29, 1.82) is 0 Å². The molecule has 0 radical (unpaired) electrons. The molecule has 1 aliphatic heterocycles. The van der Waals surface area contributed by atoms with Gasteiger partial charge in [0.1, 0.15) is 0 Å². The highest BCUT2D eigenvalue weighted by Gasteiger charge is 2.44. The van der Waals surface area contributed by atoms with Crippen LogP contribution < -0.4 is 10.6 Å². The zero-order valence-electron chi connectivity index (χ0n) is 12.8. The number of rotatable bonds is 4. The Morgan fingerprint density at radius 1 is 1.39 bits per heavy atom. The van der Waals surface area contributed by atoms with Crippen molar-refractivity contribution in [1.82, 2.24) is 20.8 Å². The van der Waals surface area contributed by atoms with Gasteiger partial charge in [-0.05, 0) is 30.5 Å². The number of H-pyrrole nitrogens is 1. The van der Waals surface area contributed by atoms with E-state index in [1.807, 2.05) is 6.07 Å². The number of hydrogen-bond acceptors (Lipinski definition) is 3. The summed E-state index contributed by atoms with van der Waals surface area (Å²) < 4.78 is 1.08. The smallest absolute Gasteiger partial charge is 0.272 e. The van der Waals surface area contributed by atoms with Gasteiger partial charge in [-0.2, -0.15) is 5.10 Å². The molecule has 0 saturated heterocycles. The van der Waals surface area contributed by atoms with Crippen molar-refractivity contribution in [2.45, 2.75) is 31.2 Å². The van der Waals surface area contributed by atoms with E-state index in [1.54, 1.807) is 0 Å². The van der Waals surface area contributed by atoms with Gasteiger partial charge in [-0.25, -0.2) is 0 Å². The van der Waals surface area contributed by atoms with Gasteiger partial charge in [-0.1, -0.05) is 28.1 Å². The van der Waals surface area contributed by atoms with E-state index in [9.17, 15) is 4.79 Å². The molecule has 1 aliphatic carbocycles. The van der Waals surface area contributed by atoms with Gasteiger partial charge in [-0.15, -0.1) is 0 Å². The zero-order chi connectivity index (χ0) is 15.9. The summed E-state index contributed by atoms with van der Waals surface area (Å²) in [6.07, 6.45) is 3.13. The maximum Gasteiger partial charge on any atom is 0.272 e. The Morgan fingerprint density at radius 3 is 3.04 bits per heavy atom. The highest BCUT2D eigenvalue weighted by atomic mass is 79.9. The highest BCUT2D eigenvalue weighted by Crippen LogP contribution is 2.48. The van der Waals surface area contributed by atoms with Crippen LogP contribution in [-0.4, -0.2) is 29.2 Å². The van der Waals surface area contributed by atoms with Gasteiger partial charge in [0.25, 0.3) is 5.91 Å². The molecule has 2 heterocycles. The zero-order valence-corrected chi connectivity index (χ0v) is 14.4. The molecule has 120 valence electrons. The molecule has 1 aromatic carbocycles. The van der Waals surface area contributed by atoms with Crippen molar-refractivity contribution < 1.29 is 4.79 Å². The van der Waals surface area contributed by atoms with Crippen LogP contribution in [-0.2, 0) is 18.4 Å².